The summed E-state index contributed by atoms with van der Waals surface area (Å²) in [6.07, 6.45) is 2.07. The molecule has 6 heteroatoms. The van der Waals surface area contributed by atoms with Crippen LogP contribution in [-0.4, -0.2) is 34.2 Å². The minimum atomic E-state index is -0.557. The van der Waals surface area contributed by atoms with Crippen molar-refractivity contribution in [1.29, 1.82) is 0 Å². The molecule has 1 aromatic heterocycles. The summed E-state index contributed by atoms with van der Waals surface area (Å²) in [6, 6.07) is 13.9. The van der Waals surface area contributed by atoms with Crippen LogP contribution in [0.25, 0.3) is 10.9 Å². The van der Waals surface area contributed by atoms with Crippen molar-refractivity contribution in [1.82, 2.24) is 15.2 Å². The molecule has 3 aromatic rings. The zero-order valence-electron chi connectivity index (χ0n) is 14.4. The summed E-state index contributed by atoms with van der Waals surface area (Å²) >= 11 is 0. The van der Waals surface area contributed by atoms with Gasteiger partial charge in [-0.15, -0.1) is 0 Å². The van der Waals surface area contributed by atoms with Crippen LogP contribution in [-0.2, 0) is 11.2 Å². The van der Waals surface area contributed by atoms with E-state index < -0.39 is 6.04 Å². The lowest BCUT2D eigenvalue weighted by atomic mass is 9.86. The highest BCUT2D eigenvalue weighted by Gasteiger charge is 2.46. The zero-order valence-corrected chi connectivity index (χ0v) is 14.4. The average Bonchev–Trinajstić information content (AvgIpc) is 3.19. The second-order valence-electron chi connectivity index (χ2n) is 6.96. The molecule has 0 bridgehead atoms. The van der Waals surface area contributed by atoms with Crippen LogP contribution >= 0.6 is 0 Å². The predicted molar refractivity (Wildman–Crippen MR) is 99.3 cm³/mol. The van der Waals surface area contributed by atoms with E-state index in [2.05, 4.69) is 10.3 Å². The van der Waals surface area contributed by atoms with E-state index >= 15 is 0 Å². The zero-order chi connectivity index (χ0) is 18.5. The Bertz CT molecular complexity index is 1070. The summed E-state index contributed by atoms with van der Waals surface area (Å²) in [4.78, 5) is 42.0. The highest BCUT2D eigenvalue weighted by molar-refractivity contribution is 6.21. The Morgan fingerprint density at radius 2 is 1.67 bits per heavy atom. The van der Waals surface area contributed by atoms with Gasteiger partial charge in [0.2, 0.25) is 6.41 Å². The van der Waals surface area contributed by atoms with Crippen molar-refractivity contribution < 1.29 is 14.4 Å². The minimum Gasteiger partial charge on any atom is -0.356 e. The number of aromatic amines is 1. The van der Waals surface area contributed by atoms with Crippen molar-refractivity contribution in [2.45, 2.75) is 24.9 Å². The monoisotopic (exact) mass is 359 g/mol. The van der Waals surface area contributed by atoms with Gasteiger partial charge >= 0.3 is 0 Å². The number of hydrogen-bond acceptors (Lipinski definition) is 3. The standard InChI is InChI=1S/C21H17N3O3/c25-11-22-17-10-9-13-12-5-3-4-8-16(12)23-18(13)19(17)24-20(26)14-6-1-2-7-15(14)21(24)27/h1-8,11,17,19,23H,9-10H2,(H,22,25)/t17?,19-/m0/s1. The van der Waals surface area contributed by atoms with Gasteiger partial charge in [0.1, 0.15) is 6.04 Å². The molecule has 0 fully saturated rings. The molecule has 0 saturated carbocycles. The molecular formula is C21H17N3O3. The Labute approximate surface area is 155 Å². The van der Waals surface area contributed by atoms with E-state index in [0.29, 0.717) is 24.0 Å². The van der Waals surface area contributed by atoms with Gasteiger partial charge < -0.3 is 10.3 Å². The minimum absolute atomic E-state index is 0.315. The van der Waals surface area contributed by atoms with Gasteiger partial charge in [0, 0.05) is 16.6 Å². The third-order valence-corrected chi connectivity index (χ3v) is 5.61. The van der Waals surface area contributed by atoms with Gasteiger partial charge in [-0.2, -0.15) is 0 Å². The van der Waals surface area contributed by atoms with Crippen LogP contribution in [0.1, 0.15) is 44.4 Å². The molecule has 0 saturated heterocycles. The number of rotatable bonds is 3. The number of aromatic nitrogens is 1. The van der Waals surface area contributed by atoms with Gasteiger partial charge in [0.05, 0.1) is 17.2 Å². The Balaban J connectivity index is 1.69. The highest BCUT2D eigenvalue weighted by atomic mass is 16.2. The second-order valence-corrected chi connectivity index (χ2v) is 6.96. The molecule has 27 heavy (non-hydrogen) atoms. The first kappa shape index (κ1) is 15.8. The van der Waals surface area contributed by atoms with Crippen LogP contribution in [0.3, 0.4) is 0 Å². The maximum absolute atomic E-state index is 13.1. The Morgan fingerprint density at radius 3 is 2.37 bits per heavy atom. The molecule has 1 aliphatic heterocycles. The molecule has 5 rings (SSSR count). The summed E-state index contributed by atoms with van der Waals surface area (Å²) in [5, 5.41) is 3.91. The molecule has 1 unspecified atom stereocenters. The van der Waals surface area contributed by atoms with E-state index in [0.717, 1.165) is 28.6 Å². The van der Waals surface area contributed by atoms with Gasteiger partial charge in [-0.3, -0.25) is 19.3 Å². The van der Waals surface area contributed by atoms with Gasteiger partial charge in [0.15, 0.2) is 0 Å². The van der Waals surface area contributed by atoms with Crippen LogP contribution in [0.2, 0.25) is 0 Å². The molecule has 2 N–H and O–H groups in total. The molecule has 2 aliphatic rings. The molecule has 1 aliphatic carbocycles. The van der Waals surface area contributed by atoms with Gasteiger partial charge in [0.25, 0.3) is 11.8 Å². The topological polar surface area (TPSA) is 82.3 Å². The number of amides is 3. The molecule has 2 aromatic carbocycles. The second kappa shape index (κ2) is 5.81. The van der Waals surface area contributed by atoms with E-state index in [1.807, 2.05) is 24.3 Å². The number of nitrogens with one attached hydrogen (secondary N) is 2. The number of carbonyl (C=O) groups is 3. The van der Waals surface area contributed by atoms with E-state index in [1.165, 1.54) is 4.90 Å². The molecule has 2 heterocycles. The quantitative estimate of drug-likeness (QED) is 0.557. The lowest BCUT2D eigenvalue weighted by Crippen LogP contribution is -2.48. The molecule has 2 atom stereocenters. The number of H-pyrrole nitrogens is 1. The summed E-state index contributed by atoms with van der Waals surface area (Å²) in [5.74, 6) is -0.630. The van der Waals surface area contributed by atoms with Crippen molar-refractivity contribution in [2.24, 2.45) is 0 Å². The van der Waals surface area contributed by atoms with Crippen molar-refractivity contribution in [3.8, 4) is 0 Å². The lowest BCUT2D eigenvalue weighted by Gasteiger charge is -2.36. The number of aryl methyl sites for hydroxylation is 1. The van der Waals surface area contributed by atoms with Crippen LogP contribution in [0.4, 0.5) is 0 Å². The summed E-state index contributed by atoms with van der Waals surface area (Å²) in [5.41, 5.74) is 3.73. The normalized spacial score (nSPS) is 21.3. The average molecular weight is 359 g/mol. The van der Waals surface area contributed by atoms with E-state index in [4.69, 9.17) is 0 Å². The number of hydrogen-bond donors (Lipinski definition) is 2. The molecule has 3 amide bonds. The van der Waals surface area contributed by atoms with Gasteiger partial charge in [-0.05, 0) is 36.6 Å². The SMILES string of the molecule is O=CNC1CCc2c([nH]c3ccccc23)[C@H]1N1C(=O)c2ccccc2C1=O. The van der Waals surface area contributed by atoms with E-state index in [9.17, 15) is 14.4 Å². The van der Waals surface area contributed by atoms with Crippen molar-refractivity contribution in [2.75, 3.05) is 0 Å². The largest absolute Gasteiger partial charge is 0.356 e. The van der Waals surface area contributed by atoms with Crippen molar-refractivity contribution >= 4 is 29.1 Å². The Hall–Kier alpha value is -3.41. The van der Waals surface area contributed by atoms with Crippen LogP contribution in [0.15, 0.2) is 48.5 Å². The first-order valence-corrected chi connectivity index (χ1v) is 8.97. The predicted octanol–water partition coefficient (Wildman–Crippen LogP) is 2.57. The maximum Gasteiger partial charge on any atom is 0.262 e. The summed E-state index contributed by atoms with van der Waals surface area (Å²) in [7, 11) is 0. The van der Waals surface area contributed by atoms with Gasteiger partial charge in [-0.1, -0.05) is 30.3 Å². The Kier molecular flexibility index (Phi) is 3.40. The van der Waals surface area contributed by atoms with Crippen LogP contribution < -0.4 is 5.32 Å². The fourth-order valence-electron chi connectivity index (χ4n) is 4.43. The van der Waals surface area contributed by atoms with Crippen molar-refractivity contribution in [3.05, 3.63) is 70.9 Å². The number of fused-ring (bicyclic) bond motifs is 4. The lowest BCUT2D eigenvalue weighted by molar-refractivity contribution is -0.110. The fourth-order valence-corrected chi connectivity index (χ4v) is 4.43. The third kappa shape index (κ3) is 2.16. The first-order chi connectivity index (χ1) is 13.2. The van der Waals surface area contributed by atoms with Gasteiger partial charge in [-0.25, -0.2) is 0 Å². The number of para-hydroxylation sites is 1. The van der Waals surface area contributed by atoms with Crippen LogP contribution in [0, 0.1) is 0 Å². The maximum atomic E-state index is 13.1. The molecule has 134 valence electrons. The van der Waals surface area contributed by atoms with E-state index in [-0.39, 0.29) is 17.9 Å². The molecule has 0 radical (unpaired) electrons. The summed E-state index contributed by atoms with van der Waals surface area (Å²) in [6.45, 7) is 0. The van der Waals surface area contributed by atoms with E-state index in [1.54, 1.807) is 24.3 Å². The number of imide groups is 1. The first-order valence-electron chi connectivity index (χ1n) is 8.97. The van der Waals surface area contributed by atoms with Crippen molar-refractivity contribution in [3.63, 3.8) is 0 Å². The highest BCUT2D eigenvalue weighted by Crippen LogP contribution is 2.41. The molecule has 0 spiro atoms. The molecule has 6 nitrogen and oxygen atoms in total. The number of nitrogens with zero attached hydrogens (tertiary/aromatic N) is 1. The Morgan fingerprint density at radius 1 is 1.00 bits per heavy atom. The number of benzene rings is 2. The number of carbonyl (C=O) groups excluding carboxylic acids is 3. The third-order valence-electron chi connectivity index (χ3n) is 5.61. The molecular weight excluding hydrogens is 342 g/mol. The van der Waals surface area contributed by atoms with Crippen LogP contribution in [0.5, 0.6) is 0 Å². The fraction of sp³-hybridized carbons (Fsp3) is 0.190. The smallest absolute Gasteiger partial charge is 0.262 e. The summed E-state index contributed by atoms with van der Waals surface area (Å²) < 4.78 is 0.